The average Bonchev–Trinajstić information content (AvgIpc) is 3.61. The Bertz CT molecular complexity index is 1100. The lowest BCUT2D eigenvalue weighted by molar-refractivity contribution is -0.131. The normalized spacial score (nSPS) is 24.7. The highest BCUT2D eigenvalue weighted by Gasteiger charge is 2.46. The number of rotatable bonds is 9. The lowest BCUT2D eigenvalue weighted by atomic mass is 9.87. The van der Waals surface area contributed by atoms with Gasteiger partial charge in [0, 0.05) is 30.7 Å². The molecule has 196 valence electrons. The third-order valence-corrected chi connectivity index (χ3v) is 7.83. The Labute approximate surface area is 218 Å². The van der Waals surface area contributed by atoms with Gasteiger partial charge in [-0.15, -0.1) is 0 Å². The van der Waals surface area contributed by atoms with Crippen molar-refractivity contribution >= 4 is 29.4 Å². The van der Waals surface area contributed by atoms with Gasteiger partial charge in [0.15, 0.2) is 5.96 Å². The molecular formula is C27H37ClN4O4. The van der Waals surface area contributed by atoms with Crippen LogP contribution in [0.4, 0.5) is 0 Å². The molecule has 8 nitrogen and oxygen atoms in total. The minimum absolute atomic E-state index is 0.0611. The summed E-state index contributed by atoms with van der Waals surface area (Å²) in [6.45, 7) is 8.49. The van der Waals surface area contributed by atoms with Crippen molar-refractivity contribution in [2.45, 2.75) is 83.0 Å². The summed E-state index contributed by atoms with van der Waals surface area (Å²) in [6, 6.07) is 4.87. The van der Waals surface area contributed by atoms with Crippen LogP contribution >= 0.6 is 11.6 Å². The zero-order valence-corrected chi connectivity index (χ0v) is 22.5. The highest BCUT2D eigenvalue weighted by atomic mass is 35.5. The molecule has 1 aromatic carbocycles. The molecule has 3 N–H and O–H groups in total. The SMILES string of the molecule is CCC1(CC)CC(=O)N([C@H](CCOC)C2=C[C@H]2C(=O)N[C@H]2CC(C)(C)Oc3ccc(Cl)cc32)C(N)=N1. The zero-order valence-electron chi connectivity index (χ0n) is 21.8. The second kappa shape index (κ2) is 10.1. The highest BCUT2D eigenvalue weighted by molar-refractivity contribution is 6.30. The largest absolute Gasteiger partial charge is 0.487 e. The zero-order chi connectivity index (χ0) is 26.3. The Kier molecular flexibility index (Phi) is 7.40. The number of fused-ring (bicyclic) bond motifs is 1. The molecule has 0 spiro atoms. The van der Waals surface area contributed by atoms with Crippen molar-refractivity contribution in [1.82, 2.24) is 10.2 Å². The molecule has 0 bridgehead atoms. The standard InChI is InChI=1S/C27H37ClN4O4/c1-6-27(7-2)15-23(33)32(25(29)31-27)21(10-11-35-5)17-13-18(17)24(34)30-20-14-26(3,4)36-22-9-8-16(28)12-19(20)22/h8-9,12-13,18,20-21H,6-7,10-11,14-15H2,1-5H3,(H2,29,31)(H,30,34)/t18-,20+,21-/m1/s1. The number of ether oxygens (including phenoxy) is 2. The third-order valence-electron chi connectivity index (χ3n) is 7.59. The molecular weight excluding hydrogens is 480 g/mol. The third kappa shape index (κ3) is 5.25. The Balaban J connectivity index is 1.52. The number of hydrogen-bond donors (Lipinski definition) is 2. The molecule has 0 unspecified atom stereocenters. The van der Waals surface area contributed by atoms with Gasteiger partial charge in [0.25, 0.3) is 0 Å². The number of nitrogens with zero attached hydrogens (tertiary/aromatic N) is 2. The van der Waals surface area contributed by atoms with Gasteiger partial charge in [-0.25, -0.2) is 4.99 Å². The first-order chi connectivity index (χ1) is 17.0. The summed E-state index contributed by atoms with van der Waals surface area (Å²) in [6.07, 6.45) is 4.84. The first-order valence-corrected chi connectivity index (χ1v) is 13.1. The number of aliphatic imine (C=N–C) groups is 1. The number of guanidine groups is 1. The maximum absolute atomic E-state index is 13.4. The molecule has 2 heterocycles. The topological polar surface area (TPSA) is 106 Å². The second-order valence-electron chi connectivity index (χ2n) is 10.6. The second-order valence-corrected chi connectivity index (χ2v) is 11.0. The van der Waals surface area contributed by atoms with Crippen LogP contribution in [0.3, 0.4) is 0 Å². The Morgan fingerprint density at radius 3 is 2.72 bits per heavy atom. The van der Waals surface area contributed by atoms with Crippen LogP contribution in [0.25, 0.3) is 0 Å². The van der Waals surface area contributed by atoms with Crippen molar-refractivity contribution < 1.29 is 19.1 Å². The summed E-state index contributed by atoms with van der Waals surface area (Å²) in [5.41, 5.74) is 7.21. The van der Waals surface area contributed by atoms with Crippen LogP contribution < -0.4 is 15.8 Å². The minimum Gasteiger partial charge on any atom is -0.487 e. The monoisotopic (exact) mass is 516 g/mol. The maximum atomic E-state index is 13.4. The predicted octanol–water partition coefficient (Wildman–Crippen LogP) is 4.13. The van der Waals surface area contributed by atoms with E-state index in [0.717, 1.165) is 29.7 Å². The van der Waals surface area contributed by atoms with E-state index < -0.39 is 17.1 Å². The lowest BCUT2D eigenvalue weighted by Crippen LogP contribution is -2.55. The molecule has 9 heteroatoms. The molecule has 0 fully saturated rings. The van der Waals surface area contributed by atoms with Crippen LogP contribution in [0.5, 0.6) is 5.75 Å². The number of halogens is 1. The van der Waals surface area contributed by atoms with Crippen LogP contribution in [0.2, 0.25) is 5.02 Å². The summed E-state index contributed by atoms with van der Waals surface area (Å²) >= 11 is 6.24. The van der Waals surface area contributed by atoms with Crippen molar-refractivity contribution in [3.8, 4) is 5.75 Å². The van der Waals surface area contributed by atoms with Crippen molar-refractivity contribution in [3.05, 3.63) is 40.4 Å². The first kappa shape index (κ1) is 26.5. The molecule has 2 aliphatic heterocycles. The van der Waals surface area contributed by atoms with Gasteiger partial charge >= 0.3 is 0 Å². The van der Waals surface area contributed by atoms with E-state index >= 15 is 0 Å². The van der Waals surface area contributed by atoms with Crippen LogP contribution in [0, 0.1) is 5.92 Å². The Morgan fingerprint density at radius 2 is 2.08 bits per heavy atom. The molecule has 3 atom stereocenters. The number of benzene rings is 1. The number of methoxy groups -OCH3 is 1. The van der Waals surface area contributed by atoms with E-state index in [1.807, 2.05) is 45.9 Å². The van der Waals surface area contributed by atoms with E-state index in [-0.39, 0.29) is 29.9 Å². The summed E-state index contributed by atoms with van der Waals surface area (Å²) in [5, 5.41) is 3.78. The van der Waals surface area contributed by atoms with Gasteiger partial charge in [-0.05, 0) is 56.9 Å². The van der Waals surface area contributed by atoms with E-state index in [1.54, 1.807) is 18.1 Å². The Morgan fingerprint density at radius 1 is 1.36 bits per heavy atom. The van der Waals surface area contributed by atoms with Gasteiger partial charge in [0.1, 0.15) is 11.4 Å². The summed E-state index contributed by atoms with van der Waals surface area (Å²) in [5.74, 6) is 0.357. The summed E-state index contributed by atoms with van der Waals surface area (Å²) in [4.78, 5) is 33.0. The van der Waals surface area contributed by atoms with E-state index in [1.165, 1.54) is 0 Å². The first-order valence-electron chi connectivity index (χ1n) is 12.7. The van der Waals surface area contributed by atoms with Crippen molar-refractivity contribution in [2.75, 3.05) is 13.7 Å². The van der Waals surface area contributed by atoms with E-state index in [0.29, 0.717) is 30.9 Å². The van der Waals surface area contributed by atoms with Gasteiger partial charge in [-0.2, -0.15) is 0 Å². The molecule has 3 aliphatic rings. The van der Waals surface area contributed by atoms with E-state index in [2.05, 4.69) is 5.32 Å². The molecule has 1 aromatic rings. The number of nitrogens with two attached hydrogens (primary N) is 1. The van der Waals surface area contributed by atoms with Crippen LogP contribution in [0.15, 0.2) is 34.8 Å². The molecule has 36 heavy (non-hydrogen) atoms. The molecule has 0 aromatic heterocycles. The van der Waals surface area contributed by atoms with Gasteiger partial charge in [-0.3, -0.25) is 14.5 Å². The fourth-order valence-corrected chi connectivity index (χ4v) is 5.58. The van der Waals surface area contributed by atoms with Crippen LogP contribution in [-0.4, -0.2) is 53.6 Å². The van der Waals surface area contributed by atoms with Crippen LogP contribution in [0.1, 0.15) is 71.4 Å². The van der Waals surface area contributed by atoms with Crippen LogP contribution in [-0.2, 0) is 14.3 Å². The van der Waals surface area contributed by atoms with Crippen molar-refractivity contribution in [3.63, 3.8) is 0 Å². The van der Waals surface area contributed by atoms with Gasteiger partial charge in [0.05, 0.1) is 30.0 Å². The number of hydrogen-bond acceptors (Lipinski definition) is 6. The fourth-order valence-electron chi connectivity index (χ4n) is 5.40. The maximum Gasteiger partial charge on any atom is 0.232 e. The lowest BCUT2D eigenvalue weighted by Gasteiger charge is -2.40. The number of nitrogens with one attached hydrogen (secondary N) is 1. The van der Waals surface area contributed by atoms with Crippen molar-refractivity contribution in [1.29, 1.82) is 0 Å². The molecule has 0 saturated heterocycles. The van der Waals surface area contributed by atoms with E-state index in [9.17, 15) is 9.59 Å². The molecule has 0 radical (unpaired) electrons. The molecule has 4 rings (SSSR count). The Hall–Kier alpha value is -2.58. The van der Waals surface area contributed by atoms with E-state index in [4.69, 9.17) is 31.8 Å². The smallest absolute Gasteiger partial charge is 0.232 e. The fraction of sp³-hybridized carbons (Fsp3) is 0.593. The summed E-state index contributed by atoms with van der Waals surface area (Å²) < 4.78 is 11.4. The highest BCUT2D eigenvalue weighted by Crippen LogP contribution is 2.43. The quantitative estimate of drug-likeness (QED) is 0.480. The predicted molar refractivity (Wildman–Crippen MR) is 140 cm³/mol. The molecule has 1 aliphatic carbocycles. The average molecular weight is 517 g/mol. The summed E-state index contributed by atoms with van der Waals surface area (Å²) in [7, 11) is 1.62. The number of carbonyl (C=O) groups is 2. The molecule has 2 amide bonds. The minimum atomic E-state index is -0.456. The number of amides is 2. The number of carbonyl (C=O) groups excluding carboxylic acids is 2. The van der Waals surface area contributed by atoms with Crippen molar-refractivity contribution in [2.24, 2.45) is 16.6 Å². The van der Waals surface area contributed by atoms with Gasteiger partial charge < -0.3 is 20.5 Å². The van der Waals surface area contributed by atoms with Gasteiger partial charge in [-0.1, -0.05) is 31.5 Å². The molecule has 0 saturated carbocycles. The van der Waals surface area contributed by atoms with Gasteiger partial charge in [0.2, 0.25) is 11.8 Å².